The summed E-state index contributed by atoms with van der Waals surface area (Å²) in [6.45, 7) is 1.56. The number of hydrogen-bond donors (Lipinski definition) is 2. The number of aromatic nitrogens is 5. The van der Waals surface area contributed by atoms with E-state index in [0.717, 1.165) is 18.5 Å². The fourth-order valence-electron chi connectivity index (χ4n) is 3.03. The zero-order valence-corrected chi connectivity index (χ0v) is 14.5. The van der Waals surface area contributed by atoms with Gasteiger partial charge in [0.15, 0.2) is 5.82 Å². The summed E-state index contributed by atoms with van der Waals surface area (Å²) in [5.41, 5.74) is 1.33. The van der Waals surface area contributed by atoms with Crippen molar-refractivity contribution in [3.63, 3.8) is 0 Å². The standard InChI is InChI=1S/C17H16ClN7O/c18-14-2-1-8-20-16(14)25(13-7-9-19-10-13)17(26)12-5-3-11(4-6-12)15-21-23-24-22-15/h1-6,8,13,19H,7,9-10H2,(H,21,22,23,24)/t13-/m1/s1. The van der Waals surface area contributed by atoms with Gasteiger partial charge in [0, 0.05) is 23.9 Å². The largest absolute Gasteiger partial charge is 0.315 e. The highest BCUT2D eigenvalue weighted by Crippen LogP contribution is 2.28. The second-order valence-corrected chi connectivity index (χ2v) is 6.35. The number of aromatic amines is 1. The number of H-pyrrole nitrogens is 1. The minimum atomic E-state index is -0.140. The van der Waals surface area contributed by atoms with E-state index in [-0.39, 0.29) is 11.9 Å². The first-order chi connectivity index (χ1) is 12.7. The minimum absolute atomic E-state index is 0.00628. The Morgan fingerprint density at radius 3 is 2.73 bits per heavy atom. The molecular weight excluding hydrogens is 354 g/mol. The number of amides is 1. The molecule has 3 aromatic rings. The molecule has 2 aromatic heterocycles. The third kappa shape index (κ3) is 3.16. The van der Waals surface area contributed by atoms with Crippen LogP contribution in [0.4, 0.5) is 5.82 Å². The Kier molecular flexibility index (Phi) is 4.59. The fraction of sp³-hybridized carbons (Fsp3) is 0.235. The lowest BCUT2D eigenvalue weighted by Crippen LogP contribution is -2.42. The summed E-state index contributed by atoms with van der Waals surface area (Å²) >= 11 is 6.32. The molecule has 9 heteroatoms. The highest BCUT2D eigenvalue weighted by atomic mass is 35.5. The molecule has 1 fully saturated rings. The lowest BCUT2D eigenvalue weighted by atomic mass is 10.1. The highest BCUT2D eigenvalue weighted by molar-refractivity contribution is 6.33. The van der Waals surface area contributed by atoms with E-state index >= 15 is 0 Å². The van der Waals surface area contributed by atoms with Gasteiger partial charge in [-0.1, -0.05) is 23.7 Å². The summed E-state index contributed by atoms with van der Waals surface area (Å²) < 4.78 is 0. The van der Waals surface area contributed by atoms with Crippen LogP contribution in [0.15, 0.2) is 42.6 Å². The Morgan fingerprint density at radius 2 is 2.08 bits per heavy atom. The van der Waals surface area contributed by atoms with Gasteiger partial charge in [-0.25, -0.2) is 4.98 Å². The average Bonchev–Trinajstić information content (AvgIpc) is 3.38. The maximum Gasteiger partial charge on any atom is 0.259 e. The van der Waals surface area contributed by atoms with Crippen molar-refractivity contribution < 1.29 is 4.79 Å². The van der Waals surface area contributed by atoms with Gasteiger partial charge in [-0.05, 0) is 42.4 Å². The Morgan fingerprint density at radius 1 is 1.23 bits per heavy atom. The van der Waals surface area contributed by atoms with E-state index in [2.05, 4.69) is 30.9 Å². The van der Waals surface area contributed by atoms with Gasteiger partial charge in [0.2, 0.25) is 5.82 Å². The number of anilines is 1. The van der Waals surface area contributed by atoms with Crippen LogP contribution in [0.25, 0.3) is 11.4 Å². The van der Waals surface area contributed by atoms with Crippen molar-refractivity contribution in [1.29, 1.82) is 0 Å². The Labute approximate surface area is 154 Å². The molecule has 4 rings (SSSR count). The monoisotopic (exact) mass is 369 g/mol. The number of pyridine rings is 1. The van der Waals surface area contributed by atoms with Gasteiger partial charge < -0.3 is 5.32 Å². The lowest BCUT2D eigenvalue weighted by molar-refractivity contribution is 0.0977. The first-order valence-corrected chi connectivity index (χ1v) is 8.60. The molecule has 3 heterocycles. The van der Waals surface area contributed by atoms with Crippen molar-refractivity contribution in [3.05, 3.63) is 53.2 Å². The Bertz CT molecular complexity index is 892. The molecular formula is C17H16ClN7O. The van der Waals surface area contributed by atoms with Crippen molar-refractivity contribution in [2.75, 3.05) is 18.0 Å². The maximum atomic E-state index is 13.2. The van der Waals surface area contributed by atoms with Crippen LogP contribution in [0.3, 0.4) is 0 Å². The van der Waals surface area contributed by atoms with Gasteiger partial charge in [-0.2, -0.15) is 5.21 Å². The molecule has 1 atom stereocenters. The molecule has 0 aliphatic carbocycles. The van der Waals surface area contributed by atoms with Crippen LogP contribution < -0.4 is 10.2 Å². The fourth-order valence-corrected chi connectivity index (χ4v) is 3.25. The molecule has 0 unspecified atom stereocenters. The second-order valence-electron chi connectivity index (χ2n) is 5.94. The number of carbonyl (C=O) groups excluding carboxylic acids is 1. The molecule has 1 aliphatic heterocycles. The van der Waals surface area contributed by atoms with E-state index in [1.54, 1.807) is 47.5 Å². The lowest BCUT2D eigenvalue weighted by Gasteiger charge is -2.28. The van der Waals surface area contributed by atoms with Gasteiger partial charge in [0.05, 0.1) is 11.1 Å². The molecule has 1 aromatic carbocycles. The SMILES string of the molecule is O=C(c1ccc(-c2nn[nH]n2)cc1)N(c1ncccc1Cl)[C@@H]1CCNC1. The summed E-state index contributed by atoms with van der Waals surface area (Å²) in [5.74, 6) is 0.822. The molecule has 1 amide bonds. The molecule has 0 bridgehead atoms. The molecule has 26 heavy (non-hydrogen) atoms. The summed E-state index contributed by atoms with van der Waals surface area (Å²) in [4.78, 5) is 19.3. The predicted molar refractivity (Wildman–Crippen MR) is 96.9 cm³/mol. The van der Waals surface area contributed by atoms with Crippen molar-refractivity contribution >= 4 is 23.3 Å². The Hall–Kier alpha value is -2.84. The summed E-state index contributed by atoms with van der Waals surface area (Å²) in [6.07, 6.45) is 2.49. The van der Waals surface area contributed by atoms with E-state index < -0.39 is 0 Å². The van der Waals surface area contributed by atoms with Crippen LogP contribution in [0.5, 0.6) is 0 Å². The molecule has 8 nitrogen and oxygen atoms in total. The van der Waals surface area contributed by atoms with Crippen LogP contribution >= 0.6 is 11.6 Å². The number of nitrogens with one attached hydrogen (secondary N) is 2. The normalized spacial score (nSPS) is 16.6. The third-order valence-corrected chi connectivity index (χ3v) is 4.62. The number of hydrogen-bond acceptors (Lipinski definition) is 6. The van der Waals surface area contributed by atoms with E-state index in [0.29, 0.717) is 28.8 Å². The summed E-state index contributed by atoms with van der Waals surface area (Å²) in [5, 5.41) is 17.6. The van der Waals surface area contributed by atoms with Gasteiger partial charge in [0.25, 0.3) is 5.91 Å². The van der Waals surface area contributed by atoms with E-state index in [4.69, 9.17) is 11.6 Å². The average molecular weight is 370 g/mol. The van der Waals surface area contributed by atoms with Crippen molar-refractivity contribution in [1.82, 2.24) is 30.9 Å². The molecule has 1 saturated heterocycles. The number of rotatable bonds is 4. The second kappa shape index (κ2) is 7.19. The number of carbonyl (C=O) groups is 1. The first-order valence-electron chi connectivity index (χ1n) is 8.23. The number of halogens is 1. The zero-order valence-electron chi connectivity index (χ0n) is 13.8. The van der Waals surface area contributed by atoms with Crippen molar-refractivity contribution in [2.45, 2.75) is 12.5 Å². The van der Waals surface area contributed by atoms with Crippen molar-refractivity contribution in [3.8, 4) is 11.4 Å². The van der Waals surface area contributed by atoms with E-state index in [1.807, 2.05) is 0 Å². The van der Waals surface area contributed by atoms with Crippen LogP contribution in [0, 0.1) is 0 Å². The topological polar surface area (TPSA) is 99.7 Å². The number of benzene rings is 1. The van der Waals surface area contributed by atoms with Crippen molar-refractivity contribution in [2.24, 2.45) is 0 Å². The van der Waals surface area contributed by atoms with Crippen LogP contribution in [-0.2, 0) is 0 Å². The molecule has 0 spiro atoms. The van der Waals surface area contributed by atoms with Gasteiger partial charge in [-0.3, -0.25) is 9.69 Å². The number of nitrogens with zero attached hydrogens (tertiary/aromatic N) is 5. The summed E-state index contributed by atoms with van der Waals surface area (Å²) in [6, 6.07) is 10.6. The smallest absolute Gasteiger partial charge is 0.259 e. The molecule has 2 N–H and O–H groups in total. The molecule has 0 saturated carbocycles. The van der Waals surface area contributed by atoms with Gasteiger partial charge in [-0.15, -0.1) is 10.2 Å². The molecule has 0 radical (unpaired) electrons. The third-order valence-electron chi connectivity index (χ3n) is 4.32. The summed E-state index contributed by atoms with van der Waals surface area (Å²) in [7, 11) is 0. The number of tetrazole rings is 1. The maximum absolute atomic E-state index is 13.2. The van der Waals surface area contributed by atoms with Crippen LogP contribution in [-0.4, -0.2) is 50.6 Å². The first kappa shape index (κ1) is 16.6. The van der Waals surface area contributed by atoms with Crippen LogP contribution in [0.2, 0.25) is 5.02 Å². The van der Waals surface area contributed by atoms with Gasteiger partial charge >= 0.3 is 0 Å². The molecule has 1 aliphatic rings. The molecule has 132 valence electrons. The quantitative estimate of drug-likeness (QED) is 0.728. The minimum Gasteiger partial charge on any atom is -0.315 e. The van der Waals surface area contributed by atoms with Gasteiger partial charge in [0.1, 0.15) is 0 Å². The highest BCUT2D eigenvalue weighted by Gasteiger charge is 2.31. The zero-order chi connectivity index (χ0) is 17.9. The van der Waals surface area contributed by atoms with Crippen LogP contribution in [0.1, 0.15) is 16.8 Å². The Balaban J connectivity index is 1.67. The van der Waals surface area contributed by atoms with E-state index in [1.165, 1.54) is 0 Å². The van der Waals surface area contributed by atoms with E-state index in [9.17, 15) is 4.79 Å². The predicted octanol–water partition coefficient (Wildman–Crippen LogP) is 1.92.